The van der Waals surface area contributed by atoms with Crippen molar-refractivity contribution in [1.82, 2.24) is 10.2 Å². The van der Waals surface area contributed by atoms with Gasteiger partial charge in [0.1, 0.15) is 11.3 Å². The number of ether oxygens (including phenoxy) is 2. The number of carbonyl (C=O) groups is 2. The Balaban J connectivity index is 3.27. The van der Waals surface area contributed by atoms with Crippen LogP contribution in [0.1, 0.15) is 101 Å². The lowest BCUT2D eigenvalue weighted by molar-refractivity contribution is -0.127. The average molecular weight is 483 g/mol. The normalized spacial score (nSPS) is 21.6. The lowest BCUT2D eigenvalue weighted by Crippen LogP contribution is -2.51. The van der Waals surface area contributed by atoms with Crippen molar-refractivity contribution >= 4 is 12.0 Å². The predicted octanol–water partition coefficient (Wildman–Crippen LogP) is 5.41. The van der Waals surface area contributed by atoms with E-state index in [-0.39, 0.29) is 36.0 Å². The first kappa shape index (κ1) is 30.4. The highest BCUT2D eigenvalue weighted by Gasteiger charge is 2.52. The highest BCUT2D eigenvalue weighted by atomic mass is 16.6. The second-order valence-corrected chi connectivity index (χ2v) is 11.7. The van der Waals surface area contributed by atoms with Crippen molar-refractivity contribution in [3.63, 3.8) is 0 Å². The molecule has 2 N–H and O–H groups in total. The van der Waals surface area contributed by atoms with Crippen LogP contribution < -0.4 is 5.32 Å². The molecular weight excluding hydrogens is 432 g/mol. The Bertz CT molecular complexity index is 681. The lowest BCUT2D eigenvalue weighted by atomic mass is 9.79. The van der Waals surface area contributed by atoms with Crippen molar-refractivity contribution in [2.24, 2.45) is 11.3 Å². The van der Waals surface area contributed by atoms with Crippen molar-refractivity contribution in [1.29, 1.82) is 0 Å². The van der Waals surface area contributed by atoms with Gasteiger partial charge in [-0.3, -0.25) is 9.69 Å². The van der Waals surface area contributed by atoms with Gasteiger partial charge in [0.05, 0.1) is 12.1 Å². The SMILES string of the molecule is CC=CC[C@H](C[C@@H]1OC(C)(C)N(C(=O)OC(C)(C)C)[C@H]1CC(C)(C)CCO)C(=O)NCCCC. The molecule has 7 nitrogen and oxygen atoms in total. The average Bonchev–Trinajstić information content (AvgIpc) is 2.92. The van der Waals surface area contributed by atoms with Gasteiger partial charge in [-0.25, -0.2) is 4.79 Å². The zero-order valence-corrected chi connectivity index (χ0v) is 23.1. The van der Waals surface area contributed by atoms with Crippen LogP contribution in [-0.2, 0) is 14.3 Å². The maximum atomic E-state index is 13.3. The van der Waals surface area contributed by atoms with E-state index in [0.29, 0.717) is 32.2 Å². The van der Waals surface area contributed by atoms with E-state index < -0.39 is 17.4 Å². The van der Waals surface area contributed by atoms with Crippen molar-refractivity contribution < 1.29 is 24.2 Å². The summed E-state index contributed by atoms with van der Waals surface area (Å²) >= 11 is 0. The molecule has 3 atom stereocenters. The van der Waals surface area contributed by atoms with Crippen LogP contribution in [0.4, 0.5) is 4.79 Å². The number of rotatable bonds is 12. The maximum Gasteiger partial charge on any atom is 0.412 e. The minimum absolute atomic E-state index is 0.0250. The minimum Gasteiger partial charge on any atom is -0.444 e. The van der Waals surface area contributed by atoms with E-state index in [1.165, 1.54) is 0 Å². The fraction of sp³-hybridized carbons (Fsp3) is 0.852. The molecule has 198 valence electrons. The molecule has 1 heterocycles. The molecule has 1 fully saturated rings. The van der Waals surface area contributed by atoms with Crippen LogP contribution in [0.15, 0.2) is 12.2 Å². The minimum atomic E-state index is -0.878. The zero-order chi connectivity index (χ0) is 26.2. The molecule has 1 aliphatic heterocycles. The number of nitrogens with zero attached hydrogens (tertiary/aromatic N) is 1. The lowest BCUT2D eigenvalue weighted by Gasteiger charge is -2.38. The van der Waals surface area contributed by atoms with Crippen molar-refractivity contribution in [2.45, 2.75) is 124 Å². The summed E-state index contributed by atoms with van der Waals surface area (Å²) in [6.45, 7) is 18.3. The number of hydrogen-bond acceptors (Lipinski definition) is 5. The van der Waals surface area contributed by atoms with Gasteiger partial charge in [0, 0.05) is 19.1 Å². The van der Waals surface area contributed by atoms with Gasteiger partial charge in [0.15, 0.2) is 0 Å². The number of allylic oxidation sites excluding steroid dienone is 2. The molecule has 1 rings (SSSR count). The van der Waals surface area contributed by atoms with E-state index in [9.17, 15) is 14.7 Å². The largest absolute Gasteiger partial charge is 0.444 e. The summed E-state index contributed by atoms with van der Waals surface area (Å²) in [5, 5.41) is 12.7. The number of amides is 2. The number of aliphatic hydroxyl groups is 1. The molecule has 0 saturated carbocycles. The zero-order valence-electron chi connectivity index (χ0n) is 23.1. The van der Waals surface area contributed by atoms with Crippen LogP contribution >= 0.6 is 0 Å². The molecule has 1 aliphatic rings. The third kappa shape index (κ3) is 9.57. The molecule has 2 amide bonds. The molecule has 1 saturated heterocycles. The van der Waals surface area contributed by atoms with Crippen LogP contribution in [0.25, 0.3) is 0 Å². The van der Waals surface area contributed by atoms with Gasteiger partial charge in [-0.05, 0) is 79.1 Å². The van der Waals surface area contributed by atoms with Crippen LogP contribution in [-0.4, -0.2) is 58.6 Å². The van der Waals surface area contributed by atoms with Gasteiger partial charge in [-0.1, -0.05) is 39.3 Å². The van der Waals surface area contributed by atoms with Crippen molar-refractivity contribution in [3.8, 4) is 0 Å². The van der Waals surface area contributed by atoms with E-state index in [1.54, 1.807) is 4.90 Å². The van der Waals surface area contributed by atoms with Crippen molar-refractivity contribution in [3.05, 3.63) is 12.2 Å². The van der Waals surface area contributed by atoms with E-state index in [2.05, 4.69) is 26.1 Å². The first-order valence-corrected chi connectivity index (χ1v) is 12.9. The van der Waals surface area contributed by atoms with E-state index in [4.69, 9.17) is 9.47 Å². The van der Waals surface area contributed by atoms with Gasteiger partial charge >= 0.3 is 6.09 Å². The molecule has 0 unspecified atom stereocenters. The van der Waals surface area contributed by atoms with Gasteiger partial charge in [-0.2, -0.15) is 0 Å². The Hall–Kier alpha value is -1.60. The summed E-state index contributed by atoms with van der Waals surface area (Å²) in [5.41, 5.74) is -1.73. The number of hydrogen-bond donors (Lipinski definition) is 2. The van der Waals surface area contributed by atoms with Gasteiger partial charge in [-0.15, -0.1) is 0 Å². The quantitative estimate of drug-likeness (QED) is 0.287. The van der Waals surface area contributed by atoms with E-state index >= 15 is 0 Å². The molecule has 7 heteroatoms. The molecular formula is C27H50N2O5. The van der Waals surface area contributed by atoms with Crippen molar-refractivity contribution in [2.75, 3.05) is 13.2 Å². The first-order chi connectivity index (χ1) is 15.7. The number of nitrogens with one attached hydrogen (secondary N) is 1. The highest BCUT2D eigenvalue weighted by Crippen LogP contribution is 2.42. The van der Waals surface area contributed by atoms with Gasteiger partial charge in [0.25, 0.3) is 0 Å². The molecule has 0 radical (unpaired) electrons. The Morgan fingerprint density at radius 2 is 1.88 bits per heavy atom. The summed E-state index contributed by atoms with van der Waals surface area (Å²) in [5.74, 6) is -0.229. The number of unbranched alkanes of at least 4 members (excludes halogenated alkanes) is 1. The second kappa shape index (κ2) is 12.9. The first-order valence-electron chi connectivity index (χ1n) is 12.9. The third-order valence-electron chi connectivity index (χ3n) is 6.29. The number of carbonyl (C=O) groups excluding carboxylic acids is 2. The monoisotopic (exact) mass is 482 g/mol. The Labute approximate surface area is 207 Å². The summed E-state index contributed by atoms with van der Waals surface area (Å²) in [6, 6.07) is -0.275. The Morgan fingerprint density at radius 3 is 2.41 bits per heavy atom. The van der Waals surface area contributed by atoms with Crippen LogP contribution in [0.2, 0.25) is 0 Å². The summed E-state index contributed by atoms with van der Waals surface area (Å²) in [7, 11) is 0. The molecule has 0 aromatic heterocycles. The third-order valence-corrected chi connectivity index (χ3v) is 6.29. The molecule has 0 aromatic rings. The number of aliphatic hydroxyl groups excluding tert-OH is 1. The van der Waals surface area contributed by atoms with Crippen LogP contribution in [0.3, 0.4) is 0 Å². The summed E-state index contributed by atoms with van der Waals surface area (Å²) < 4.78 is 12.2. The van der Waals surface area contributed by atoms with Crippen LogP contribution in [0.5, 0.6) is 0 Å². The predicted molar refractivity (Wildman–Crippen MR) is 136 cm³/mol. The molecule has 0 bridgehead atoms. The Morgan fingerprint density at radius 1 is 1.24 bits per heavy atom. The fourth-order valence-corrected chi connectivity index (χ4v) is 4.56. The molecule has 0 aromatic carbocycles. The Kier molecular flexibility index (Phi) is 11.6. The summed E-state index contributed by atoms with van der Waals surface area (Å²) in [4.78, 5) is 28.1. The smallest absolute Gasteiger partial charge is 0.412 e. The van der Waals surface area contributed by atoms with E-state index in [1.807, 2.05) is 53.7 Å². The topological polar surface area (TPSA) is 88.1 Å². The van der Waals surface area contributed by atoms with Crippen LogP contribution in [0, 0.1) is 11.3 Å². The van der Waals surface area contributed by atoms with E-state index in [0.717, 1.165) is 12.8 Å². The van der Waals surface area contributed by atoms with Gasteiger partial charge < -0.3 is 19.9 Å². The summed E-state index contributed by atoms with van der Waals surface area (Å²) in [6.07, 6.45) is 7.56. The maximum absolute atomic E-state index is 13.3. The highest BCUT2D eigenvalue weighted by molar-refractivity contribution is 5.79. The molecule has 0 spiro atoms. The molecule has 34 heavy (non-hydrogen) atoms. The standard InChI is InChI=1S/C27H50N2O5/c1-10-12-14-20(23(31)28-16-13-11-2)18-22-21(19-26(6,7)15-17-30)29(27(8,9)33-22)24(32)34-25(3,4)5/h10,12,20-22,30H,11,13-19H2,1-9H3,(H,28,31)/t20-,21+,22+/m1/s1. The van der Waals surface area contributed by atoms with Gasteiger partial charge in [0.2, 0.25) is 5.91 Å². The fourth-order valence-electron chi connectivity index (χ4n) is 4.56. The second-order valence-electron chi connectivity index (χ2n) is 11.7. The molecule has 0 aliphatic carbocycles.